The summed E-state index contributed by atoms with van der Waals surface area (Å²) in [6, 6.07) is 10.8. The first-order valence-corrected chi connectivity index (χ1v) is 15.8. The van der Waals surface area contributed by atoms with Gasteiger partial charge in [0.15, 0.2) is 6.10 Å². The Morgan fingerprint density at radius 2 is 1.78 bits per heavy atom. The highest BCUT2D eigenvalue weighted by Gasteiger charge is 2.27. The van der Waals surface area contributed by atoms with E-state index in [1.807, 2.05) is 38.1 Å². The summed E-state index contributed by atoms with van der Waals surface area (Å²) in [6.45, 7) is 11.4. The molecule has 2 aromatic carbocycles. The van der Waals surface area contributed by atoms with Crippen molar-refractivity contribution in [3.05, 3.63) is 94.9 Å². The van der Waals surface area contributed by atoms with Crippen molar-refractivity contribution >= 4 is 35.5 Å². The van der Waals surface area contributed by atoms with E-state index in [2.05, 4.69) is 30.2 Å². The summed E-state index contributed by atoms with van der Waals surface area (Å²) >= 11 is 6.32. The van der Waals surface area contributed by atoms with Crippen LogP contribution in [0.1, 0.15) is 58.1 Å². The van der Waals surface area contributed by atoms with Gasteiger partial charge < -0.3 is 25.2 Å². The van der Waals surface area contributed by atoms with E-state index in [-0.39, 0.29) is 37.0 Å². The zero-order valence-electron chi connectivity index (χ0n) is 27.2. The minimum atomic E-state index is -1.25. The molecule has 250 valence electrons. The number of aliphatic carboxylic acids is 1. The van der Waals surface area contributed by atoms with E-state index >= 15 is 0 Å². The fourth-order valence-electron chi connectivity index (χ4n) is 4.43. The molecule has 0 aromatic heterocycles. The van der Waals surface area contributed by atoms with Gasteiger partial charge in [0.1, 0.15) is 17.6 Å². The third-order valence-corrected chi connectivity index (χ3v) is 7.43. The number of nitrogens with one attached hydrogen (secondary N) is 2. The van der Waals surface area contributed by atoms with Gasteiger partial charge in [-0.2, -0.15) is 0 Å². The minimum Gasteiger partial charge on any atom is -0.495 e. The van der Waals surface area contributed by atoms with Gasteiger partial charge in [-0.3, -0.25) is 9.59 Å². The molecule has 0 aliphatic heterocycles. The topological polar surface area (TPSA) is 114 Å². The van der Waals surface area contributed by atoms with Crippen molar-refractivity contribution in [3.63, 3.8) is 0 Å². The number of carbonyl (C=O) groups excluding carboxylic acids is 2. The van der Waals surface area contributed by atoms with E-state index in [1.54, 1.807) is 31.2 Å². The summed E-state index contributed by atoms with van der Waals surface area (Å²) in [4.78, 5) is 37.4. The van der Waals surface area contributed by atoms with Gasteiger partial charge in [0, 0.05) is 18.7 Å². The average molecular weight is 657 g/mol. The molecule has 0 bridgehead atoms. The van der Waals surface area contributed by atoms with Crippen LogP contribution in [0, 0.1) is 23.6 Å². The number of halogens is 2. The van der Waals surface area contributed by atoms with Gasteiger partial charge >= 0.3 is 11.9 Å². The van der Waals surface area contributed by atoms with Gasteiger partial charge in [0.2, 0.25) is 5.91 Å². The van der Waals surface area contributed by atoms with Crippen molar-refractivity contribution < 1.29 is 33.4 Å². The normalized spacial score (nSPS) is 14.1. The van der Waals surface area contributed by atoms with E-state index in [4.69, 9.17) is 21.1 Å². The molecular weight excluding hydrogens is 611 g/mol. The summed E-state index contributed by atoms with van der Waals surface area (Å²) in [5, 5.41) is 15.8. The molecule has 10 heteroatoms. The molecule has 3 N–H and O–H groups in total. The molecule has 0 heterocycles. The van der Waals surface area contributed by atoms with E-state index in [0.29, 0.717) is 22.4 Å². The molecule has 0 radical (unpaired) electrons. The maximum atomic E-state index is 13.3. The lowest BCUT2D eigenvalue weighted by molar-refractivity contribution is -0.167. The van der Waals surface area contributed by atoms with Crippen LogP contribution in [-0.4, -0.2) is 48.8 Å². The molecule has 0 saturated carbocycles. The number of methoxy groups -OCH3 is 1. The lowest BCUT2D eigenvalue weighted by atomic mass is 10.0. The zero-order chi connectivity index (χ0) is 34.2. The Morgan fingerprint density at radius 3 is 2.39 bits per heavy atom. The average Bonchev–Trinajstić information content (AvgIpc) is 3.00. The SMILES string of the molecule is C=C(/C=C/CCC(C)/C=C/c1ccc(F)cc1)N[C@H](Cc1ccc(OC)c(Cl)c1)C(=O)NCC(C)C(=O)OC(CC(C)C)C(=O)O. The Bertz CT molecular complexity index is 1380. The maximum Gasteiger partial charge on any atom is 0.345 e. The second-order valence-corrected chi connectivity index (χ2v) is 12.2. The van der Waals surface area contributed by atoms with Crippen LogP contribution < -0.4 is 15.4 Å². The third-order valence-electron chi connectivity index (χ3n) is 7.13. The minimum absolute atomic E-state index is 0.0254. The van der Waals surface area contributed by atoms with E-state index < -0.39 is 30.0 Å². The third kappa shape index (κ3) is 13.9. The van der Waals surface area contributed by atoms with Gasteiger partial charge in [-0.15, -0.1) is 0 Å². The lowest BCUT2D eigenvalue weighted by Crippen LogP contribution is -2.47. The molecule has 2 rings (SSSR count). The number of hydrogen-bond acceptors (Lipinski definition) is 6. The Hall–Kier alpha value is -4.11. The zero-order valence-corrected chi connectivity index (χ0v) is 28.0. The second-order valence-electron chi connectivity index (χ2n) is 11.8. The summed E-state index contributed by atoms with van der Waals surface area (Å²) in [5.74, 6) is -2.49. The van der Waals surface area contributed by atoms with Crippen molar-refractivity contribution in [1.82, 2.24) is 10.6 Å². The van der Waals surface area contributed by atoms with Crippen LogP contribution in [0.15, 0.2) is 73.0 Å². The Morgan fingerprint density at radius 1 is 1.09 bits per heavy atom. The summed E-state index contributed by atoms with van der Waals surface area (Å²) < 4.78 is 23.6. The van der Waals surface area contributed by atoms with Crippen LogP contribution in [0.25, 0.3) is 6.08 Å². The molecule has 0 aliphatic rings. The van der Waals surface area contributed by atoms with Crippen molar-refractivity contribution in [2.24, 2.45) is 17.8 Å². The van der Waals surface area contributed by atoms with Crippen molar-refractivity contribution in [2.45, 2.75) is 65.5 Å². The number of carboxylic acids is 1. The number of carbonyl (C=O) groups is 3. The van der Waals surface area contributed by atoms with E-state index in [9.17, 15) is 23.9 Å². The van der Waals surface area contributed by atoms with Crippen LogP contribution in [0.3, 0.4) is 0 Å². The highest BCUT2D eigenvalue weighted by atomic mass is 35.5. The summed E-state index contributed by atoms with van der Waals surface area (Å²) in [7, 11) is 1.52. The maximum absolute atomic E-state index is 13.3. The fraction of sp³-hybridized carbons (Fsp3) is 0.417. The van der Waals surface area contributed by atoms with Crippen molar-refractivity contribution in [1.29, 1.82) is 0 Å². The van der Waals surface area contributed by atoms with Crippen LogP contribution >= 0.6 is 11.6 Å². The highest BCUT2D eigenvalue weighted by Crippen LogP contribution is 2.25. The molecule has 0 fully saturated rings. The van der Waals surface area contributed by atoms with Gasteiger partial charge in [-0.25, -0.2) is 9.18 Å². The van der Waals surface area contributed by atoms with Crippen molar-refractivity contribution in [3.8, 4) is 5.75 Å². The molecule has 8 nitrogen and oxygen atoms in total. The predicted octanol–water partition coefficient (Wildman–Crippen LogP) is 6.98. The molecule has 0 spiro atoms. The molecular formula is C36H46ClFN2O6. The molecule has 0 aliphatic carbocycles. The van der Waals surface area contributed by atoms with Crippen LogP contribution in [0.2, 0.25) is 5.02 Å². The largest absolute Gasteiger partial charge is 0.495 e. The molecule has 46 heavy (non-hydrogen) atoms. The van der Waals surface area contributed by atoms with E-state index in [0.717, 1.165) is 24.0 Å². The number of hydrogen-bond donors (Lipinski definition) is 3. The van der Waals surface area contributed by atoms with Crippen LogP contribution in [0.5, 0.6) is 5.75 Å². The van der Waals surface area contributed by atoms with E-state index in [1.165, 1.54) is 19.2 Å². The quantitative estimate of drug-likeness (QED) is 0.110. The smallest absolute Gasteiger partial charge is 0.345 e. The summed E-state index contributed by atoms with van der Waals surface area (Å²) in [6.07, 6.45) is 8.71. The first kappa shape index (κ1) is 38.1. The lowest BCUT2D eigenvalue weighted by Gasteiger charge is -2.22. The van der Waals surface area contributed by atoms with Crippen LogP contribution in [0.4, 0.5) is 4.39 Å². The van der Waals surface area contributed by atoms with Crippen molar-refractivity contribution in [2.75, 3.05) is 13.7 Å². The molecule has 1 amide bonds. The number of ether oxygens (including phenoxy) is 2. The van der Waals surface area contributed by atoms with Gasteiger partial charge in [0.25, 0.3) is 0 Å². The Balaban J connectivity index is 2.01. The second kappa shape index (κ2) is 19.4. The van der Waals surface area contributed by atoms with Gasteiger partial charge in [-0.1, -0.05) is 82.3 Å². The molecule has 2 aromatic rings. The number of rotatable bonds is 19. The Kier molecular flexibility index (Phi) is 16.1. The monoisotopic (exact) mass is 656 g/mol. The standard InChI is InChI=1S/C36H46ClFN2O6/c1-23(2)19-33(35(42)43)46-36(44)25(4)22-39-34(41)31(21-28-15-18-32(45-6)30(37)20-28)40-26(5)10-8-7-9-24(3)11-12-27-13-16-29(38)17-14-27/h8,10-18,20,23-25,31,33,40H,5,7,9,19,21-22H2,1-4,6H3,(H,39,41)(H,42,43)/b10-8+,12-11+/t24?,25?,31-,33?/m1/s1. The number of esters is 1. The van der Waals surface area contributed by atoms with Gasteiger partial charge in [-0.05, 0) is 72.6 Å². The number of carboxylic acid groups (broad SMARTS) is 1. The fourth-order valence-corrected chi connectivity index (χ4v) is 4.71. The summed E-state index contributed by atoms with van der Waals surface area (Å²) in [5.41, 5.74) is 2.24. The Labute approximate surface area is 276 Å². The molecule has 4 atom stereocenters. The molecule has 3 unspecified atom stereocenters. The van der Waals surface area contributed by atoms with Crippen LogP contribution in [-0.2, 0) is 25.5 Å². The first-order valence-electron chi connectivity index (χ1n) is 15.4. The number of allylic oxidation sites excluding steroid dienone is 3. The highest BCUT2D eigenvalue weighted by molar-refractivity contribution is 6.32. The number of amides is 1. The molecule has 0 saturated heterocycles. The number of benzene rings is 2. The predicted molar refractivity (Wildman–Crippen MR) is 180 cm³/mol. The first-order chi connectivity index (χ1) is 21.8. The van der Waals surface area contributed by atoms with Gasteiger partial charge in [0.05, 0.1) is 18.1 Å².